The number of aliphatic hydroxyl groups is 1. The summed E-state index contributed by atoms with van der Waals surface area (Å²) in [5, 5.41) is 10.7. The van der Waals surface area contributed by atoms with Crippen LogP contribution in [0.5, 0.6) is 0 Å². The molecule has 0 unspecified atom stereocenters. The van der Waals surface area contributed by atoms with Crippen molar-refractivity contribution < 1.29 is 5.11 Å². The van der Waals surface area contributed by atoms with Gasteiger partial charge in [0.1, 0.15) is 0 Å². The standard InChI is InChI=1S/C15H18N2O2S/c1-12(2)17-8-7-16(15(17)19)11-14-13(6-10-20-14)5-3-4-9-18/h6-8,10,12,18H,4,9,11H2,1-2H3. The number of hydrogen-bond acceptors (Lipinski definition) is 3. The van der Waals surface area contributed by atoms with Gasteiger partial charge in [-0.15, -0.1) is 11.3 Å². The summed E-state index contributed by atoms with van der Waals surface area (Å²) in [4.78, 5) is 13.2. The van der Waals surface area contributed by atoms with Gasteiger partial charge in [-0.25, -0.2) is 4.79 Å². The third kappa shape index (κ3) is 3.21. The second-order valence-corrected chi connectivity index (χ2v) is 5.74. The molecular weight excluding hydrogens is 272 g/mol. The summed E-state index contributed by atoms with van der Waals surface area (Å²) in [6.07, 6.45) is 4.10. The van der Waals surface area contributed by atoms with Gasteiger partial charge in [-0.1, -0.05) is 11.8 Å². The first-order valence-corrected chi connectivity index (χ1v) is 7.45. The zero-order valence-corrected chi connectivity index (χ0v) is 12.5. The van der Waals surface area contributed by atoms with E-state index in [0.717, 1.165) is 10.4 Å². The van der Waals surface area contributed by atoms with Crippen LogP contribution >= 0.6 is 11.3 Å². The highest BCUT2D eigenvalue weighted by atomic mass is 32.1. The number of hydrogen-bond donors (Lipinski definition) is 1. The van der Waals surface area contributed by atoms with E-state index in [-0.39, 0.29) is 18.3 Å². The average molecular weight is 290 g/mol. The van der Waals surface area contributed by atoms with Gasteiger partial charge in [0.2, 0.25) is 0 Å². The molecule has 0 radical (unpaired) electrons. The lowest BCUT2D eigenvalue weighted by Gasteiger charge is -2.04. The van der Waals surface area contributed by atoms with Gasteiger partial charge in [-0.3, -0.25) is 9.13 Å². The van der Waals surface area contributed by atoms with E-state index in [1.807, 2.05) is 37.7 Å². The number of thiophene rings is 1. The Labute approximate surface area is 122 Å². The molecule has 0 fully saturated rings. The number of rotatable bonds is 4. The molecule has 1 N–H and O–H groups in total. The Morgan fingerprint density at radius 3 is 2.85 bits per heavy atom. The minimum absolute atomic E-state index is 0.00247. The number of aromatic nitrogens is 2. The molecule has 0 aromatic carbocycles. The highest BCUT2D eigenvalue weighted by Crippen LogP contribution is 2.17. The van der Waals surface area contributed by atoms with Crippen LogP contribution in [0.15, 0.2) is 28.6 Å². The van der Waals surface area contributed by atoms with Crippen LogP contribution in [0.4, 0.5) is 0 Å². The minimum Gasteiger partial charge on any atom is -0.395 e. The lowest BCUT2D eigenvalue weighted by Crippen LogP contribution is -2.25. The van der Waals surface area contributed by atoms with Crippen LogP contribution in [0.1, 0.15) is 36.8 Å². The van der Waals surface area contributed by atoms with Crippen molar-refractivity contribution in [2.75, 3.05) is 6.61 Å². The van der Waals surface area contributed by atoms with Gasteiger partial charge in [0, 0.05) is 35.3 Å². The Balaban J connectivity index is 2.22. The maximum absolute atomic E-state index is 12.2. The normalized spacial score (nSPS) is 10.6. The van der Waals surface area contributed by atoms with Gasteiger partial charge in [0.25, 0.3) is 0 Å². The quantitative estimate of drug-likeness (QED) is 0.876. The summed E-state index contributed by atoms with van der Waals surface area (Å²) in [6.45, 7) is 4.59. The zero-order chi connectivity index (χ0) is 14.5. The van der Waals surface area contributed by atoms with Crippen LogP contribution in [0.25, 0.3) is 0 Å². The van der Waals surface area contributed by atoms with Gasteiger partial charge in [0.15, 0.2) is 0 Å². The van der Waals surface area contributed by atoms with Gasteiger partial charge < -0.3 is 5.11 Å². The van der Waals surface area contributed by atoms with Crippen LogP contribution in [-0.2, 0) is 6.54 Å². The van der Waals surface area contributed by atoms with Crippen molar-refractivity contribution in [2.24, 2.45) is 0 Å². The second kappa shape index (κ2) is 6.60. The minimum atomic E-state index is 0.00247. The van der Waals surface area contributed by atoms with Crippen molar-refractivity contribution in [3.8, 4) is 11.8 Å². The maximum atomic E-state index is 12.2. The highest BCUT2D eigenvalue weighted by molar-refractivity contribution is 7.10. The van der Waals surface area contributed by atoms with Crippen LogP contribution < -0.4 is 5.69 Å². The van der Waals surface area contributed by atoms with E-state index in [2.05, 4.69) is 11.8 Å². The lowest BCUT2D eigenvalue weighted by molar-refractivity contribution is 0.305. The summed E-state index contributed by atoms with van der Waals surface area (Å²) >= 11 is 1.59. The molecule has 0 aliphatic carbocycles. The molecule has 20 heavy (non-hydrogen) atoms. The van der Waals surface area contributed by atoms with Gasteiger partial charge >= 0.3 is 5.69 Å². The number of aliphatic hydroxyl groups excluding tert-OH is 1. The molecular formula is C15H18N2O2S. The van der Waals surface area contributed by atoms with E-state index >= 15 is 0 Å². The first kappa shape index (κ1) is 14.6. The number of nitrogens with zero attached hydrogens (tertiary/aromatic N) is 2. The van der Waals surface area contributed by atoms with Crippen LogP contribution in [0, 0.1) is 11.8 Å². The fourth-order valence-electron chi connectivity index (χ4n) is 1.88. The zero-order valence-electron chi connectivity index (χ0n) is 11.7. The third-order valence-corrected chi connectivity index (χ3v) is 3.86. The van der Waals surface area contributed by atoms with Crippen LogP contribution in [0.3, 0.4) is 0 Å². The predicted molar refractivity (Wildman–Crippen MR) is 81.1 cm³/mol. The van der Waals surface area contributed by atoms with E-state index in [1.165, 1.54) is 0 Å². The molecule has 4 nitrogen and oxygen atoms in total. The van der Waals surface area contributed by atoms with E-state index in [0.29, 0.717) is 13.0 Å². The SMILES string of the molecule is CC(C)n1ccn(Cc2sccc2C#CCCO)c1=O. The molecule has 2 aromatic rings. The van der Waals surface area contributed by atoms with Gasteiger partial charge in [-0.2, -0.15) is 0 Å². The maximum Gasteiger partial charge on any atom is 0.328 e. The van der Waals surface area contributed by atoms with Crippen molar-refractivity contribution in [2.45, 2.75) is 32.9 Å². The summed E-state index contributed by atoms with van der Waals surface area (Å²) in [5.74, 6) is 5.96. The lowest BCUT2D eigenvalue weighted by atomic mass is 10.2. The first-order chi connectivity index (χ1) is 9.63. The summed E-state index contributed by atoms with van der Waals surface area (Å²) < 4.78 is 3.41. The summed E-state index contributed by atoms with van der Waals surface area (Å²) in [7, 11) is 0. The predicted octanol–water partition coefficient (Wildman–Crippen LogP) is 2.07. The molecule has 0 bridgehead atoms. The van der Waals surface area contributed by atoms with Crippen molar-refractivity contribution in [1.82, 2.24) is 9.13 Å². The van der Waals surface area contributed by atoms with Crippen molar-refractivity contribution in [1.29, 1.82) is 0 Å². The molecule has 2 heterocycles. The monoisotopic (exact) mass is 290 g/mol. The molecule has 2 aromatic heterocycles. The number of imidazole rings is 1. The Bertz CT molecular complexity index is 683. The molecule has 0 saturated heterocycles. The molecule has 2 rings (SSSR count). The van der Waals surface area contributed by atoms with E-state index < -0.39 is 0 Å². The summed E-state index contributed by atoms with van der Waals surface area (Å²) in [6, 6.07) is 2.12. The van der Waals surface area contributed by atoms with Crippen molar-refractivity contribution >= 4 is 11.3 Å². The van der Waals surface area contributed by atoms with Crippen LogP contribution in [-0.4, -0.2) is 20.8 Å². The highest BCUT2D eigenvalue weighted by Gasteiger charge is 2.09. The van der Waals surface area contributed by atoms with E-state index in [9.17, 15) is 4.79 Å². The molecule has 0 aliphatic rings. The Kier molecular flexibility index (Phi) is 4.83. The molecule has 106 valence electrons. The molecule has 0 amide bonds. The fraction of sp³-hybridized carbons (Fsp3) is 0.400. The molecule has 0 spiro atoms. The first-order valence-electron chi connectivity index (χ1n) is 6.57. The Hall–Kier alpha value is -1.77. The fourth-order valence-corrected chi connectivity index (χ4v) is 2.71. The molecule has 0 saturated carbocycles. The molecule has 5 heteroatoms. The van der Waals surface area contributed by atoms with E-state index in [1.54, 1.807) is 20.5 Å². The molecule has 0 aliphatic heterocycles. The third-order valence-electron chi connectivity index (χ3n) is 2.95. The van der Waals surface area contributed by atoms with Gasteiger partial charge in [0.05, 0.1) is 13.2 Å². The van der Waals surface area contributed by atoms with Gasteiger partial charge in [-0.05, 0) is 25.3 Å². The smallest absolute Gasteiger partial charge is 0.328 e. The van der Waals surface area contributed by atoms with E-state index in [4.69, 9.17) is 5.11 Å². The largest absolute Gasteiger partial charge is 0.395 e. The second-order valence-electron chi connectivity index (χ2n) is 4.74. The Morgan fingerprint density at radius 2 is 2.20 bits per heavy atom. The van der Waals surface area contributed by atoms with Crippen LogP contribution in [0.2, 0.25) is 0 Å². The Morgan fingerprint density at radius 1 is 1.40 bits per heavy atom. The average Bonchev–Trinajstić information content (AvgIpc) is 2.99. The van der Waals surface area contributed by atoms with Crippen molar-refractivity contribution in [3.05, 3.63) is 44.8 Å². The topological polar surface area (TPSA) is 47.2 Å². The summed E-state index contributed by atoms with van der Waals surface area (Å²) in [5.41, 5.74) is 0.940. The molecule has 0 atom stereocenters. The van der Waals surface area contributed by atoms with Crippen molar-refractivity contribution in [3.63, 3.8) is 0 Å².